The minimum atomic E-state index is 0. The molecule has 1 aromatic carbocycles. The van der Waals surface area contributed by atoms with Gasteiger partial charge in [0.05, 0.1) is 5.69 Å². The van der Waals surface area contributed by atoms with Gasteiger partial charge in [0.15, 0.2) is 5.69 Å². The number of nitrogens with zero attached hydrogens (tertiary/aromatic N) is 3. The Labute approximate surface area is 161 Å². The van der Waals surface area contributed by atoms with E-state index in [1.807, 2.05) is 9.58 Å². The second-order valence-corrected chi connectivity index (χ2v) is 7.36. The van der Waals surface area contributed by atoms with Crippen LogP contribution in [0.5, 0.6) is 0 Å². The molecule has 6 heteroatoms. The first-order valence-corrected chi connectivity index (χ1v) is 9.29. The van der Waals surface area contributed by atoms with Gasteiger partial charge in [0, 0.05) is 30.4 Å². The monoisotopic (exact) mass is 374 g/mol. The molecule has 2 heterocycles. The van der Waals surface area contributed by atoms with E-state index < -0.39 is 0 Å². The molecule has 1 aliphatic heterocycles. The lowest BCUT2D eigenvalue weighted by Gasteiger charge is -2.22. The highest BCUT2D eigenvalue weighted by Crippen LogP contribution is 2.31. The van der Waals surface area contributed by atoms with Gasteiger partial charge >= 0.3 is 0 Å². The van der Waals surface area contributed by atoms with Gasteiger partial charge in [0.25, 0.3) is 5.91 Å². The SMILES string of the molecule is Cc1ccc(-n2nc(C(=O)N3CCCC3CN)c3c2CCC3)c(C)c1.Cl. The number of benzene rings is 1. The molecule has 4 rings (SSSR count). The number of carbonyl (C=O) groups excluding carboxylic acids is 1. The predicted molar refractivity (Wildman–Crippen MR) is 105 cm³/mol. The maximum atomic E-state index is 13.2. The normalized spacial score (nSPS) is 18.7. The van der Waals surface area contributed by atoms with E-state index in [2.05, 4.69) is 32.0 Å². The summed E-state index contributed by atoms with van der Waals surface area (Å²) in [6.07, 6.45) is 5.07. The second-order valence-electron chi connectivity index (χ2n) is 7.36. The molecule has 2 N–H and O–H groups in total. The first kappa shape index (κ1) is 18.9. The van der Waals surface area contributed by atoms with Crippen LogP contribution in [0.25, 0.3) is 5.69 Å². The molecule has 0 radical (unpaired) electrons. The number of carbonyl (C=O) groups is 1. The molecule has 1 atom stereocenters. The van der Waals surface area contributed by atoms with Crippen LogP contribution in [0.3, 0.4) is 0 Å². The van der Waals surface area contributed by atoms with E-state index >= 15 is 0 Å². The topological polar surface area (TPSA) is 64.2 Å². The number of nitrogens with two attached hydrogens (primary N) is 1. The summed E-state index contributed by atoms with van der Waals surface area (Å²) in [5.41, 5.74) is 12.4. The van der Waals surface area contributed by atoms with Gasteiger partial charge in [0.2, 0.25) is 0 Å². The van der Waals surface area contributed by atoms with E-state index in [1.165, 1.54) is 16.8 Å². The highest BCUT2D eigenvalue weighted by atomic mass is 35.5. The fourth-order valence-electron chi connectivity index (χ4n) is 4.34. The zero-order valence-electron chi connectivity index (χ0n) is 15.5. The fraction of sp³-hybridized carbons (Fsp3) is 0.500. The van der Waals surface area contributed by atoms with Gasteiger partial charge < -0.3 is 10.6 Å². The lowest BCUT2D eigenvalue weighted by atomic mass is 10.1. The number of halogens is 1. The summed E-state index contributed by atoms with van der Waals surface area (Å²) in [6, 6.07) is 6.56. The molecule has 0 spiro atoms. The molecular weight excluding hydrogens is 348 g/mol. The molecule has 0 bridgehead atoms. The van der Waals surface area contributed by atoms with Gasteiger partial charge in [-0.15, -0.1) is 12.4 Å². The standard InChI is InChI=1S/C20H26N4O.ClH/c1-13-8-9-17(14(2)11-13)24-18-7-3-6-16(18)19(22-24)20(25)23-10-4-5-15(23)12-21;/h8-9,11,15H,3-7,10,12,21H2,1-2H3;1H. The molecule has 26 heavy (non-hydrogen) atoms. The van der Waals surface area contributed by atoms with E-state index in [9.17, 15) is 4.79 Å². The number of aryl methyl sites for hydroxylation is 2. The summed E-state index contributed by atoms with van der Waals surface area (Å²) < 4.78 is 2.01. The Balaban J connectivity index is 0.00000196. The van der Waals surface area contributed by atoms with Crippen LogP contribution in [0.2, 0.25) is 0 Å². The minimum absolute atomic E-state index is 0. The lowest BCUT2D eigenvalue weighted by Crippen LogP contribution is -2.40. The highest BCUT2D eigenvalue weighted by molar-refractivity contribution is 5.94. The van der Waals surface area contributed by atoms with Gasteiger partial charge in [-0.3, -0.25) is 4.79 Å². The summed E-state index contributed by atoms with van der Waals surface area (Å²) in [5, 5.41) is 4.79. The van der Waals surface area contributed by atoms with Gasteiger partial charge in [-0.05, 0) is 57.6 Å². The van der Waals surface area contributed by atoms with Crippen molar-refractivity contribution in [2.24, 2.45) is 5.73 Å². The summed E-state index contributed by atoms with van der Waals surface area (Å²) in [5.74, 6) is 0.0645. The van der Waals surface area contributed by atoms with Crippen molar-refractivity contribution >= 4 is 18.3 Å². The molecule has 0 saturated carbocycles. The van der Waals surface area contributed by atoms with Crippen LogP contribution in [-0.2, 0) is 12.8 Å². The number of amides is 1. The Morgan fingerprint density at radius 3 is 2.81 bits per heavy atom. The number of hydrogen-bond donors (Lipinski definition) is 1. The van der Waals surface area contributed by atoms with Gasteiger partial charge in [-0.1, -0.05) is 17.7 Å². The molecule has 1 saturated heterocycles. The summed E-state index contributed by atoms with van der Waals surface area (Å²) in [6.45, 7) is 5.54. The average molecular weight is 375 g/mol. The summed E-state index contributed by atoms with van der Waals surface area (Å²) >= 11 is 0. The van der Waals surface area contributed by atoms with Gasteiger partial charge in [-0.2, -0.15) is 5.10 Å². The third-order valence-electron chi connectivity index (χ3n) is 5.62. The number of fused-ring (bicyclic) bond motifs is 1. The zero-order valence-corrected chi connectivity index (χ0v) is 16.3. The summed E-state index contributed by atoms with van der Waals surface area (Å²) in [4.78, 5) is 15.1. The maximum Gasteiger partial charge on any atom is 0.274 e. The van der Waals surface area contributed by atoms with Gasteiger partial charge in [0.1, 0.15) is 0 Å². The van der Waals surface area contributed by atoms with E-state index in [0.717, 1.165) is 49.9 Å². The number of likely N-dealkylation sites (tertiary alicyclic amines) is 1. The maximum absolute atomic E-state index is 13.2. The number of rotatable bonds is 3. The van der Waals surface area contributed by atoms with Crippen molar-refractivity contribution in [3.63, 3.8) is 0 Å². The van der Waals surface area contributed by atoms with E-state index in [1.54, 1.807) is 0 Å². The molecule has 2 aliphatic rings. The summed E-state index contributed by atoms with van der Waals surface area (Å²) in [7, 11) is 0. The van der Waals surface area contributed by atoms with E-state index in [0.29, 0.717) is 12.2 Å². The predicted octanol–water partition coefficient (Wildman–Crippen LogP) is 2.96. The number of hydrogen-bond acceptors (Lipinski definition) is 3. The largest absolute Gasteiger partial charge is 0.333 e. The van der Waals surface area contributed by atoms with Crippen molar-refractivity contribution in [1.82, 2.24) is 14.7 Å². The molecule has 5 nitrogen and oxygen atoms in total. The van der Waals surface area contributed by atoms with E-state index in [4.69, 9.17) is 10.8 Å². The Bertz CT molecular complexity index is 829. The molecule has 2 aromatic rings. The van der Waals surface area contributed by atoms with Crippen molar-refractivity contribution < 1.29 is 4.79 Å². The molecule has 1 fully saturated rings. The fourth-order valence-corrected chi connectivity index (χ4v) is 4.34. The van der Waals surface area contributed by atoms with Crippen LogP contribution in [0.15, 0.2) is 18.2 Å². The smallest absolute Gasteiger partial charge is 0.274 e. The molecule has 1 aliphatic carbocycles. The Hall–Kier alpha value is -1.85. The first-order chi connectivity index (χ1) is 12.1. The van der Waals surface area contributed by atoms with Crippen LogP contribution in [0.4, 0.5) is 0 Å². The zero-order chi connectivity index (χ0) is 17.6. The Morgan fingerprint density at radius 2 is 2.08 bits per heavy atom. The lowest BCUT2D eigenvalue weighted by molar-refractivity contribution is 0.0733. The Morgan fingerprint density at radius 1 is 1.27 bits per heavy atom. The average Bonchev–Trinajstić information content (AvgIpc) is 3.30. The first-order valence-electron chi connectivity index (χ1n) is 9.29. The second kappa shape index (κ2) is 7.41. The van der Waals surface area contributed by atoms with Crippen molar-refractivity contribution in [1.29, 1.82) is 0 Å². The van der Waals surface area contributed by atoms with Crippen molar-refractivity contribution in [3.8, 4) is 5.69 Å². The number of aromatic nitrogens is 2. The minimum Gasteiger partial charge on any atom is -0.333 e. The molecule has 1 unspecified atom stereocenters. The molecule has 1 aromatic heterocycles. The Kier molecular flexibility index (Phi) is 5.39. The van der Waals surface area contributed by atoms with E-state index in [-0.39, 0.29) is 24.4 Å². The van der Waals surface area contributed by atoms with Crippen LogP contribution in [-0.4, -0.2) is 39.7 Å². The van der Waals surface area contributed by atoms with Crippen molar-refractivity contribution in [2.75, 3.05) is 13.1 Å². The van der Waals surface area contributed by atoms with Crippen LogP contribution >= 0.6 is 12.4 Å². The van der Waals surface area contributed by atoms with Crippen LogP contribution in [0.1, 0.15) is 52.1 Å². The van der Waals surface area contributed by atoms with Crippen molar-refractivity contribution in [3.05, 3.63) is 46.3 Å². The molecular formula is C20H27ClN4O. The third kappa shape index (κ3) is 3.03. The van der Waals surface area contributed by atoms with Crippen molar-refractivity contribution in [2.45, 2.75) is 52.0 Å². The highest BCUT2D eigenvalue weighted by Gasteiger charge is 2.34. The van der Waals surface area contributed by atoms with Gasteiger partial charge in [-0.25, -0.2) is 4.68 Å². The molecule has 1 amide bonds. The third-order valence-corrected chi connectivity index (χ3v) is 5.62. The molecule has 140 valence electrons. The van der Waals surface area contributed by atoms with Crippen LogP contribution in [0, 0.1) is 13.8 Å². The quantitative estimate of drug-likeness (QED) is 0.898. The van der Waals surface area contributed by atoms with Crippen LogP contribution < -0.4 is 5.73 Å².